The second-order valence-electron chi connectivity index (χ2n) is 5.16. The Balaban J connectivity index is 2.37. The first-order valence-electron chi connectivity index (χ1n) is 6.94. The van der Waals surface area contributed by atoms with E-state index in [4.69, 9.17) is 37.8 Å². The van der Waals surface area contributed by atoms with Crippen LogP contribution in [-0.2, 0) is 14.6 Å². The monoisotopic (exact) mass is 404 g/mol. The van der Waals surface area contributed by atoms with Crippen LogP contribution in [-0.4, -0.2) is 31.9 Å². The molecule has 134 valence electrons. The summed E-state index contributed by atoms with van der Waals surface area (Å²) in [4.78, 5) is 11.0. The largest absolute Gasteiger partial charge is 0.479 e. The molecule has 6 nitrogen and oxygen atoms in total. The normalized spacial score (nSPS) is 12.5. The first kappa shape index (κ1) is 19.4. The van der Waals surface area contributed by atoms with Crippen LogP contribution in [0.25, 0.3) is 0 Å². The number of halogens is 2. The lowest BCUT2D eigenvalue weighted by Crippen LogP contribution is -2.23. The summed E-state index contributed by atoms with van der Waals surface area (Å²) >= 11 is 12.0. The maximum Gasteiger partial charge on any atom is 0.344 e. The Morgan fingerprint density at radius 1 is 1.08 bits per heavy atom. The van der Waals surface area contributed by atoms with Crippen molar-refractivity contribution in [2.45, 2.75) is 17.9 Å². The van der Waals surface area contributed by atoms with Gasteiger partial charge in [0, 0.05) is 17.3 Å². The summed E-state index contributed by atoms with van der Waals surface area (Å²) < 4.78 is 34.1. The van der Waals surface area contributed by atoms with Crippen LogP contribution < -0.4 is 9.47 Å². The summed E-state index contributed by atoms with van der Waals surface area (Å²) in [5, 5.41) is 9.37. The third-order valence-electron chi connectivity index (χ3n) is 3.11. The Morgan fingerprint density at radius 3 is 2.28 bits per heavy atom. The molecule has 2 aromatic rings. The van der Waals surface area contributed by atoms with Gasteiger partial charge in [0.25, 0.3) is 0 Å². The minimum absolute atomic E-state index is 0.0481. The molecule has 9 heteroatoms. The number of benzene rings is 2. The molecule has 0 aliphatic rings. The molecule has 0 aliphatic heterocycles. The zero-order valence-corrected chi connectivity index (χ0v) is 15.5. The number of rotatable bonds is 6. The van der Waals surface area contributed by atoms with Crippen LogP contribution in [0.1, 0.15) is 6.92 Å². The van der Waals surface area contributed by atoms with Crippen molar-refractivity contribution in [2.24, 2.45) is 0 Å². The van der Waals surface area contributed by atoms with Gasteiger partial charge < -0.3 is 14.6 Å². The van der Waals surface area contributed by atoms with Gasteiger partial charge in [-0.1, -0.05) is 23.2 Å². The molecule has 0 amide bonds. The highest BCUT2D eigenvalue weighted by Gasteiger charge is 2.18. The number of sulfone groups is 1. The lowest BCUT2D eigenvalue weighted by atomic mass is 10.3. The van der Waals surface area contributed by atoms with Crippen LogP contribution in [0.4, 0.5) is 0 Å². The van der Waals surface area contributed by atoms with Gasteiger partial charge in [-0.15, -0.1) is 0 Å². The molecule has 1 N–H and O–H groups in total. The van der Waals surface area contributed by atoms with Crippen LogP contribution in [0.3, 0.4) is 0 Å². The van der Waals surface area contributed by atoms with Crippen LogP contribution in [0.2, 0.25) is 10.0 Å². The van der Waals surface area contributed by atoms with Crippen molar-refractivity contribution in [3.8, 4) is 17.2 Å². The average Bonchev–Trinajstić information content (AvgIpc) is 2.50. The van der Waals surface area contributed by atoms with Crippen LogP contribution in [0, 0.1) is 0 Å². The Morgan fingerprint density at radius 2 is 1.72 bits per heavy atom. The molecule has 0 heterocycles. The topological polar surface area (TPSA) is 89.9 Å². The Kier molecular flexibility index (Phi) is 5.82. The molecule has 0 aliphatic carbocycles. The highest BCUT2D eigenvalue weighted by molar-refractivity contribution is 7.90. The van der Waals surface area contributed by atoms with Gasteiger partial charge in [-0.25, -0.2) is 13.2 Å². The lowest BCUT2D eigenvalue weighted by molar-refractivity contribution is -0.144. The Hall–Kier alpha value is -1.96. The minimum atomic E-state index is -3.41. The van der Waals surface area contributed by atoms with Gasteiger partial charge in [-0.05, 0) is 37.3 Å². The number of carboxylic acid groups (broad SMARTS) is 1. The summed E-state index contributed by atoms with van der Waals surface area (Å²) in [5.41, 5.74) is 0. The van der Waals surface area contributed by atoms with Crippen LogP contribution in [0.5, 0.6) is 17.2 Å². The van der Waals surface area contributed by atoms with E-state index in [2.05, 4.69) is 0 Å². The molecule has 0 aromatic heterocycles. The second kappa shape index (κ2) is 7.51. The van der Waals surface area contributed by atoms with E-state index in [9.17, 15) is 13.2 Å². The van der Waals surface area contributed by atoms with Crippen molar-refractivity contribution < 1.29 is 27.8 Å². The molecule has 2 rings (SSSR count). The highest BCUT2D eigenvalue weighted by atomic mass is 35.5. The number of carbonyl (C=O) groups is 1. The zero-order valence-electron chi connectivity index (χ0n) is 13.2. The van der Waals surface area contributed by atoms with Gasteiger partial charge in [-0.3, -0.25) is 0 Å². The van der Waals surface area contributed by atoms with Gasteiger partial charge in [0.2, 0.25) is 0 Å². The van der Waals surface area contributed by atoms with E-state index in [1.165, 1.54) is 43.3 Å². The number of hydrogen-bond acceptors (Lipinski definition) is 5. The molecule has 1 atom stereocenters. The van der Waals surface area contributed by atoms with E-state index in [0.29, 0.717) is 5.02 Å². The summed E-state index contributed by atoms with van der Waals surface area (Å²) in [6, 6.07) is 8.43. The smallest absolute Gasteiger partial charge is 0.344 e. The first-order valence-corrected chi connectivity index (χ1v) is 9.59. The Bertz CT molecular complexity index is 911. The summed E-state index contributed by atoms with van der Waals surface area (Å²) in [6.07, 6.45) is -0.0401. The van der Waals surface area contributed by atoms with E-state index in [1.807, 2.05) is 0 Å². The quantitative estimate of drug-likeness (QED) is 0.780. The van der Waals surface area contributed by atoms with E-state index in [0.717, 1.165) is 6.26 Å². The molecule has 2 aromatic carbocycles. The molecule has 0 spiro atoms. The summed E-state index contributed by atoms with van der Waals surface area (Å²) in [5.74, 6) is -0.669. The fourth-order valence-corrected chi connectivity index (χ4v) is 2.91. The van der Waals surface area contributed by atoms with E-state index >= 15 is 0 Å². The average molecular weight is 405 g/mol. The first-order chi connectivity index (χ1) is 11.6. The molecule has 0 bridgehead atoms. The van der Waals surface area contributed by atoms with Gasteiger partial charge in [-0.2, -0.15) is 0 Å². The van der Waals surface area contributed by atoms with Crippen LogP contribution in [0.15, 0.2) is 41.3 Å². The van der Waals surface area contributed by atoms with Crippen molar-refractivity contribution in [3.05, 3.63) is 46.4 Å². The number of carboxylic acids is 1. The van der Waals surface area contributed by atoms with Gasteiger partial charge >= 0.3 is 5.97 Å². The highest BCUT2D eigenvalue weighted by Crippen LogP contribution is 2.38. The maximum atomic E-state index is 11.5. The predicted octanol–water partition coefficient (Wildman–Crippen LogP) is 4.04. The fraction of sp³-hybridized carbons (Fsp3) is 0.188. The van der Waals surface area contributed by atoms with Crippen LogP contribution >= 0.6 is 23.2 Å². The predicted molar refractivity (Wildman–Crippen MR) is 93.8 cm³/mol. The molecule has 0 unspecified atom stereocenters. The minimum Gasteiger partial charge on any atom is -0.479 e. The molecule has 0 saturated heterocycles. The van der Waals surface area contributed by atoms with Gasteiger partial charge in [0.05, 0.1) is 9.92 Å². The number of hydrogen-bond donors (Lipinski definition) is 1. The molecule has 0 fully saturated rings. The maximum absolute atomic E-state index is 11.5. The molecule has 0 radical (unpaired) electrons. The summed E-state index contributed by atoms with van der Waals surface area (Å²) in [7, 11) is -3.41. The standard InChI is InChI=1S/C16H14Cl2O6S/c1-9(16(19)20)23-14-5-3-10(17)7-15(14)24-13-6-4-11(8-12(13)18)25(2,21)22/h3-9H,1-2H3,(H,19,20)/t9-/m0/s1. The van der Waals surface area contributed by atoms with Gasteiger partial charge in [0.15, 0.2) is 27.4 Å². The molecular weight excluding hydrogens is 391 g/mol. The molecule has 25 heavy (non-hydrogen) atoms. The van der Waals surface area contributed by atoms with Crippen molar-refractivity contribution in [3.63, 3.8) is 0 Å². The molecular formula is C16H14Cl2O6S. The van der Waals surface area contributed by atoms with Crippen molar-refractivity contribution in [2.75, 3.05) is 6.26 Å². The number of ether oxygens (including phenoxy) is 2. The fourth-order valence-electron chi connectivity index (χ4n) is 1.81. The SMILES string of the molecule is C[C@H](Oc1ccc(Cl)cc1Oc1ccc(S(C)(=O)=O)cc1Cl)C(=O)O. The Labute approximate surface area is 154 Å². The molecule has 0 saturated carbocycles. The third-order valence-corrected chi connectivity index (χ3v) is 4.75. The zero-order chi connectivity index (χ0) is 18.8. The van der Waals surface area contributed by atoms with Crippen molar-refractivity contribution in [1.82, 2.24) is 0 Å². The third kappa shape index (κ3) is 5.01. The van der Waals surface area contributed by atoms with E-state index < -0.39 is 21.9 Å². The van der Waals surface area contributed by atoms with Crippen molar-refractivity contribution >= 4 is 39.0 Å². The summed E-state index contributed by atoms with van der Waals surface area (Å²) in [6.45, 7) is 1.37. The second-order valence-corrected chi connectivity index (χ2v) is 8.02. The number of aliphatic carboxylic acids is 1. The van der Waals surface area contributed by atoms with E-state index in [-0.39, 0.29) is 27.2 Å². The van der Waals surface area contributed by atoms with Gasteiger partial charge in [0.1, 0.15) is 5.75 Å². The van der Waals surface area contributed by atoms with Crippen molar-refractivity contribution in [1.29, 1.82) is 0 Å². The lowest BCUT2D eigenvalue weighted by Gasteiger charge is -2.16. The van der Waals surface area contributed by atoms with E-state index in [1.54, 1.807) is 0 Å².